The number of morpholine rings is 1. The molecule has 124 valence electrons. The Hall–Kier alpha value is -0.490. The maximum absolute atomic E-state index is 6.01. The van der Waals surface area contributed by atoms with Crippen molar-refractivity contribution in [3.63, 3.8) is 0 Å². The van der Waals surface area contributed by atoms with Gasteiger partial charge in [0.15, 0.2) is 0 Å². The van der Waals surface area contributed by atoms with E-state index in [1.807, 2.05) is 0 Å². The second kappa shape index (κ2) is 6.19. The number of hydrogen-bond acceptors (Lipinski definition) is 5. The molecule has 3 heterocycles. The highest BCUT2D eigenvalue weighted by molar-refractivity contribution is 7.09. The van der Waals surface area contributed by atoms with Crippen LogP contribution in [0.3, 0.4) is 0 Å². The molecule has 0 bridgehead atoms. The SMILES string of the molecule is CC1(CN2CCOC(c3nc(C(C)(C)C)cs3)C2)CCNC1. The van der Waals surface area contributed by atoms with E-state index in [9.17, 15) is 0 Å². The first kappa shape index (κ1) is 16.4. The van der Waals surface area contributed by atoms with Gasteiger partial charge in [-0.2, -0.15) is 0 Å². The van der Waals surface area contributed by atoms with Gasteiger partial charge in [0.1, 0.15) is 11.1 Å². The van der Waals surface area contributed by atoms with Crippen molar-refractivity contribution in [2.75, 3.05) is 39.3 Å². The number of nitrogens with zero attached hydrogens (tertiary/aromatic N) is 2. The Morgan fingerprint density at radius 1 is 1.50 bits per heavy atom. The van der Waals surface area contributed by atoms with E-state index in [0.717, 1.165) is 44.3 Å². The van der Waals surface area contributed by atoms with Crippen LogP contribution in [0.15, 0.2) is 5.38 Å². The molecular formula is C17H29N3OS. The number of aromatic nitrogens is 1. The van der Waals surface area contributed by atoms with Crippen LogP contribution in [0, 0.1) is 5.41 Å². The smallest absolute Gasteiger partial charge is 0.123 e. The molecule has 22 heavy (non-hydrogen) atoms. The van der Waals surface area contributed by atoms with E-state index in [0.29, 0.717) is 5.41 Å². The molecule has 2 fully saturated rings. The van der Waals surface area contributed by atoms with E-state index in [1.165, 1.54) is 12.1 Å². The summed E-state index contributed by atoms with van der Waals surface area (Å²) >= 11 is 1.75. The molecule has 2 aliphatic heterocycles. The molecule has 1 aromatic rings. The molecule has 0 aromatic carbocycles. The normalized spacial score (nSPS) is 30.8. The summed E-state index contributed by atoms with van der Waals surface area (Å²) in [5, 5.41) is 6.83. The van der Waals surface area contributed by atoms with Crippen LogP contribution in [-0.4, -0.2) is 49.2 Å². The van der Waals surface area contributed by atoms with Gasteiger partial charge in [0.25, 0.3) is 0 Å². The second-order valence-corrected chi connectivity index (χ2v) is 9.04. The van der Waals surface area contributed by atoms with Crippen molar-refractivity contribution in [1.82, 2.24) is 15.2 Å². The topological polar surface area (TPSA) is 37.4 Å². The predicted octanol–water partition coefficient (Wildman–Crippen LogP) is 2.81. The molecule has 0 aliphatic carbocycles. The van der Waals surface area contributed by atoms with E-state index in [4.69, 9.17) is 9.72 Å². The Labute approximate surface area is 138 Å². The van der Waals surface area contributed by atoms with E-state index < -0.39 is 0 Å². The lowest BCUT2D eigenvalue weighted by Gasteiger charge is -2.37. The maximum Gasteiger partial charge on any atom is 0.123 e. The minimum absolute atomic E-state index is 0.117. The zero-order chi connectivity index (χ0) is 15.8. The second-order valence-electron chi connectivity index (χ2n) is 8.15. The van der Waals surface area contributed by atoms with Gasteiger partial charge in [-0.15, -0.1) is 11.3 Å². The first-order valence-corrected chi connectivity index (χ1v) is 9.24. The van der Waals surface area contributed by atoms with Crippen LogP contribution in [0.2, 0.25) is 0 Å². The lowest BCUT2D eigenvalue weighted by Crippen LogP contribution is -2.44. The summed E-state index contributed by atoms with van der Waals surface area (Å²) in [7, 11) is 0. The van der Waals surface area contributed by atoms with E-state index >= 15 is 0 Å². The van der Waals surface area contributed by atoms with Crippen molar-refractivity contribution >= 4 is 11.3 Å². The van der Waals surface area contributed by atoms with E-state index in [1.54, 1.807) is 11.3 Å². The Kier molecular flexibility index (Phi) is 4.61. The van der Waals surface area contributed by atoms with Crippen molar-refractivity contribution < 1.29 is 4.74 Å². The fraction of sp³-hybridized carbons (Fsp3) is 0.824. The molecule has 2 aliphatic rings. The lowest BCUT2D eigenvalue weighted by molar-refractivity contribution is -0.0402. The van der Waals surface area contributed by atoms with Crippen LogP contribution in [0.1, 0.15) is 50.9 Å². The summed E-state index contributed by atoms with van der Waals surface area (Å²) in [6.45, 7) is 15.4. The van der Waals surface area contributed by atoms with E-state index in [2.05, 4.69) is 43.3 Å². The van der Waals surface area contributed by atoms with Crippen LogP contribution in [0.4, 0.5) is 0 Å². The van der Waals surface area contributed by atoms with Crippen molar-refractivity contribution in [2.45, 2.75) is 45.6 Å². The minimum atomic E-state index is 0.117. The summed E-state index contributed by atoms with van der Waals surface area (Å²) in [4.78, 5) is 7.41. The molecule has 1 N–H and O–H groups in total. The molecule has 1 aromatic heterocycles. The Balaban J connectivity index is 1.64. The summed E-state index contributed by atoms with van der Waals surface area (Å²) in [6, 6.07) is 0. The fourth-order valence-electron chi connectivity index (χ4n) is 3.32. The van der Waals surface area contributed by atoms with Gasteiger partial charge < -0.3 is 10.1 Å². The molecule has 0 amide bonds. The highest BCUT2D eigenvalue weighted by atomic mass is 32.1. The van der Waals surface area contributed by atoms with Crippen molar-refractivity contribution in [3.8, 4) is 0 Å². The highest BCUT2D eigenvalue weighted by Crippen LogP contribution is 2.32. The van der Waals surface area contributed by atoms with Gasteiger partial charge >= 0.3 is 0 Å². The molecule has 2 atom stereocenters. The maximum atomic E-state index is 6.01. The first-order chi connectivity index (χ1) is 10.4. The average Bonchev–Trinajstić information content (AvgIpc) is 3.07. The minimum Gasteiger partial charge on any atom is -0.368 e. The van der Waals surface area contributed by atoms with Crippen molar-refractivity contribution in [1.29, 1.82) is 0 Å². The van der Waals surface area contributed by atoms with Gasteiger partial charge in [0.05, 0.1) is 12.3 Å². The third kappa shape index (κ3) is 3.70. The Bertz CT molecular complexity index is 502. The lowest BCUT2D eigenvalue weighted by atomic mass is 9.89. The molecule has 0 saturated carbocycles. The number of thiazole rings is 1. The molecule has 2 unspecified atom stereocenters. The quantitative estimate of drug-likeness (QED) is 0.928. The molecule has 0 radical (unpaired) electrons. The van der Waals surface area contributed by atoms with Crippen LogP contribution < -0.4 is 5.32 Å². The predicted molar refractivity (Wildman–Crippen MR) is 91.5 cm³/mol. The van der Waals surface area contributed by atoms with Crippen molar-refractivity contribution in [3.05, 3.63) is 16.1 Å². The number of rotatable bonds is 3. The molecule has 3 rings (SSSR count). The Morgan fingerprint density at radius 3 is 2.95 bits per heavy atom. The summed E-state index contributed by atoms with van der Waals surface area (Å²) < 4.78 is 6.01. The zero-order valence-electron chi connectivity index (χ0n) is 14.3. The van der Waals surface area contributed by atoms with E-state index in [-0.39, 0.29) is 11.5 Å². The highest BCUT2D eigenvalue weighted by Gasteiger charge is 2.33. The van der Waals surface area contributed by atoms with Crippen LogP contribution in [0.5, 0.6) is 0 Å². The van der Waals surface area contributed by atoms with Gasteiger partial charge in [-0.3, -0.25) is 4.90 Å². The van der Waals surface area contributed by atoms with Gasteiger partial charge in [0, 0.05) is 37.0 Å². The molecule has 4 nitrogen and oxygen atoms in total. The number of hydrogen-bond donors (Lipinski definition) is 1. The van der Waals surface area contributed by atoms with Crippen LogP contribution >= 0.6 is 11.3 Å². The van der Waals surface area contributed by atoms with Crippen LogP contribution in [0.25, 0.3) is 0 Å². The number of ether oxygens (including phenoxy) is 1. The summed E-state index contributed by atoms with van der Waals surface area (Å²) in [5.41, 5.74) is 1.72. The van der Waals surface area contributed by atoms with Gasteiger partial charge in [-0.25, -0.2) is 4.98 Å². The largest absolute Gasteiger partial charge is 0.368 e. The zero-order valence-corrected chi connectivity index (χ0v) is 15.1. The average molecular weight is 324 g/mol. The Morgan fingerprint density at radius 2 is 2.32 bits per heavy atom. The van der Waals surface area contributed by atoms with Gasteiger partial charge in [0.2, 0.25) is 0 Å². The monoisotopic (exact) mass is 323 g/mol. The fourth-order valence-corrected chi connectivity index (χ4v) is 4.40. The summed E-state index contributed by atoms with van der Waals surface area (Å²) in [6.07, 6.45) is 1.42. The first-order valence-electron chi connectivity index (χ1n) is 8.36. The van der Waals surface area contributed by atoms with Gasteiger partial charge in [-0.05, 0) is 18.4 Å². The van der Waals surface area contributed by atoms with Crippen molar-refractivity contribution in [2.24, 2.45) is 5.41 Å². The molecule has 5 heteroatoms. The number of nitrogens with one attached hydrogen (secondary N) is 1. The van der Waals surface area contributed by atoms with Gasteiger partial charge in [-0.1, -0.05) is 27.7 Å². The molecular weight excluding hydrogens is 294 g/mol. The third-order valence-corrected chi connectivity index (χ3v) is 5.72. The summed E-state index contributed by atoms with van der Waals surface area (Å²) in [5.74, 6) is 0. The van der Waals surface area contributed by atoms with Crippen LogP contribution in [-0.2, 0) is 10.2 Å². The third-order valence-electron chi connectivity index (χ3n) is 4.78. The standard InChI is InChI=1S/C17H29N3OS/c1-16(2,3)14-10-22-15(19-14)13-9-20(7-8-21-13)12-17(4)5-6-18-11-17/h10,13,18H,5-9,11-12H2,1-4H3. The molecule has 2 saturated heterocycles. The molecule has 0 spiro atoms.